The smallest absolute Gasteiger partial charge is 0.255 e. The Balaban J connectivity index is 1.39. The van der Waals surface area contributed by atoms with Crippen LogP contribution in [0.15, 0.2) is 23.0 Å². The fraction of sp³-hybridized carbons (Fsp3) is 0.474. The molecule has 1 aromatic heterocycles. The van der Waals surface area contributed by atoms with Gasteiger partial charge in [0.15, 0.2) is 11.5 Å². The first kappa shape index (κ1) is 16.9. The molecule has 0 spiro atoms. The molecular formula is C19H25N4O3+. The fourth-order valence-electron chi connectivity index (χ4n) is 3.71. The Labute approximate surface area is 152 Å². The third-order valence-corrected chi connectivity index (χ3v) is 5.22. The topological polar surface area (TPSA) is 71.9 Å². The van der Waals surface area contributed by atoms with Crippen LogP contribution < -0.4 is 24.8 Å². The Morgan fingerprint density at radius 3 is 2.73 bits per heavy atom. The lowest BCUT2D eigenvalue weighted by molar-refractivity contribution is -0.914. The molecule has 3 heterocycles. The molecule has 0 atom stereocenters. The zero-order chi connectivity index (χ0) is 18.1. The molecule has 0 saturated carbocycles. The van der Waals surface area contributed by atoms with Gasteiger partial charge in [0, 0.05) is 16.8 Å². The van der Waals surface area contributed by atoms with Crippen LogP contribution in [-0.4, -0.2) is 42.9 Å². The number of hydrogen-bond donors (Lipinski definition) is 2. The lowest BCUT2D eigenvalue weighted by Gasteiger charge is -2.32. The second kappa shape index (κ2) is 6.99. The molecular weight excluding hydrogens is 332 g/mol. The highest BCUT2D eigenvalue weighted by molar-refractivity contribution is 5.44. The third kappa shape index (κ3) is 3.26. The van der Waals surface area contributed by atoms with Crippen molar-refractivity contribution in [2.24, 2.45) is 0 Å². The Hall–Kier alpha value is -2.54. The van der Waals surface area contributed by atoms with Crippen LogP contribution in [0.1, 0.15) is 23.7 Å². The van der Waals surface area contributed by atoms with Gasteiger partial charge in [-0.1, -0.05) is 6.92 Å². The van der Waals surface area contributed by atoms with E-state index in [0.29, 0.717) is 19.2 Å². The maximum atomic E-state index is 12.2. The molecule has 2 N–H and O–H groups in total. The van der Waals surface area contributed by atoms with Gasteiger partial charge in [-0.2, -0.15) is 0 Å². The summed E-state index contributed by atoms with van der Waals surface area (Å²) in [7, 11) is 0. The predicted molar refractivity (Wildman–Crippen MR) is 98.2 cm³/mol. The molecule has 2 aliphatic heterocycles. The number of aromatic nitrogens is 2. The van der Waals surface area contributed by atoms with Crippen LogP contribution in [0, 0.1) is 6.92 Å². The minimum Gasteiger partial charge on any atom is -0.454 e. The molecule has 2 aliphatic rings. The number of aryl methyl sites for hydroxylation is 1. The van der Waals surface area contributed by atoms with E-state index in [-0.39, 0.29) is 5.56 Å². The van der Waals surface area contributed by atoms with Gasteiger partial charge in [0.2, 0.25) is 12.7 Å². The van der Waals surface area contributed by atoms with Crippen molar-refractivity contribution < 1.29 is 14.4 Å². The van der Waals surface area contributed by atoms with E-state index >= 15 is 0 Å². The van der Waals surface area contributed by atoms with E-state index in [9.17, 15) is 4.79 Å². The van der Waals surface area contributed by atoms with E-state index in [4.69, 9.17) is 9.47 Å². The van der Waals surface area contributed by atoms with Crippen molar-refractivity contribution in [2.75, 3.05) is 37.9 Å². The molecule has 138 valence electrons. The van der Waals surface area contributed by atoms with Gasteiger partial charge >= 0.3 is 0 Å². The quantitative estimate of drug-likeness (QED) is 0.822. The number of hydrogen-bond acceptors (Lipinski definition) is 5. The van der Waals surface area contributed by atoms with Gasteiger partial charge in [0.05, 0.1) is 26.2 Å². The van der Waals surface area contributed by atoms with Crippen LogP contribution in [0.4, 0.5) is 5.95 Å². The molecule has 7 heteroatoms. The normalized spacial score (nSPS) is 16.9. The first-order chi connectivity index (χ1) is 12.6. The summed E-state index contributed by atoms with van der Waals surface area (Å²) in [4.78, 5) is 23.4. The third-order valence-electron chi connectivity index (χ3n) is 5.22. The van der Waals surface area contributed by atoms with E-state index < -0.39 is 0 Å². The Kier molecular flexibility index (Phi) is 4.55. The number of rotatable bonds is 4. The minimum atomic E-state index is -0.00913. The van der Waals surface area contributed by atoms with Gasteiger partial charge in [-0.15, -0.1) is 0 Å². The zero-order valence-electron chi connectivity index (χ0n) is 15.3. The maximum absolute atomic E-state index is 12.2. The van der Waals surface area contributed by atoms with Crippen LogP contribution in [0.25, 0.3) is 0 Å². The van der Waals surface area contributed by atoms with Crippen LogP contribution in [0.3, 0.4) is 0 Å². The van der Waals surface area contributed by atoms with Crippen molar-refractivity contribution in [1.29, 1.82) is 0 Å². The predicted octanol–water partition coefficient (Wildman–Crippen LogP) is 0.275. The van der Waals surface area contributed by atoms with Gasteiger partial charge in [0.1, 0.15) is 6.54 Å². The lowest BCUT2D eigenvalue weighted by atomic mass is 10.1. The second-order valence-electron chi connectivity index (χ2n) is 6.91. The number of anilines is 1. The molecule has 4 rings (SSSR count). The minimum absolute atomic E-state index is 0.00913. The summed E-state index contributed by atoms with van der Waals surface area (Å²) >= 11 is 0. The summed E-state index contributed by atoms with van der Waals surface area (Å²) in [5.41, 5.74) is 2.86. The summed E-state index contributed by atoms with van der Waals surface area (Å²) in [6.07, 6.45) is 0.710. The van der Waals surface area contributed by atoms with Gasteiger partial charge in [-0.05, 0) is 31.5 Å². The van der Waals surface area contributed by atoms with Gasteiger partial charge in [0.25, 0.3) is 5.56 Å². The van der Waals surface area contributed by atoms with Crippen molar-refractivity contribution in [3.63, 3.8) is 0 Å². The number of fused-ring (bicyclic) bond motifs is 1. The Morgan fingerprint density at radius 1 is 1.23 bits per heavy atom. The summed E-state index contributed by atoms with van der Waals surface area (Å²) < 4.78 is 10.8. The first-order valence-corrected chi connectivity index (χ1v) is 9.21. The number of nitrogens with one attached hydrogen (secondary N) is 2. The molecule has 0 amide bonds. The van der Waals surface area contributed by atoms with Crippen LogP contribution >= 0.6 is 0 Å². The molecule has 0 bridgehead atoms. The van der Waals surface area contributed by atoms with Gasteiger partial charge in [-0.3, -0.25) is 9.78 Å². The summed E-state index contributed by atoms with van der Waals surface area (Å²) in [6, 6.07) is 6.17. The zero-order valence-corrected chi connectivity index (χ0v) is 15.3. The average Bonchev–Trinajstić information content (AvgIpc) is 3.10. The first-order valence-electron chi connectivity index (χ1n) is 9.21. The average molecular weight is 357 g/mol. The molecule has 1 saturated heterocycles. The van der Waals surface area contributed by atoms with Crippen molar-refractivity contribution >= 4 is 5.95 Å². The SMILES string of the molecule is CCc1c(C)nc(N2CC[NH+](Cc3ccc4c(c3)OCO4)CC2)[nH]c1=O. The van der Waals surface area contributed by atoms with Crippen molar-refractivity contribution in [3.05, 3.63) is 45.4 Å². The molecule has 2 aromatic rings. The number of quaternary nitrogens is 1. The number of piperazine rings is 1. The number of benzene rings is 1. The molecule has 0 aliphatic carbocycles. The largest absolute Gasteiger partial charge is 0.454 e. The molecule has 0 unspecified atom stereocenters. The molecule has 1 aromatic carbocycles. The van der Waals surface area contributed by atoms with Crippen LogP contribution in [0.5, 0.6) is 11.5 Å². The lowest BCUT2D eigenvalue weighted by Crippen LogP contribution is -3.13. The summed E-state index contributed by atoms with van der Waals surface area (Å²) in [5.74, 6) is 2.37. The number of ether oxygens (including phenoxy) is 2. The highest BCUT2D eigenvalue weighted by Crippen LogP contribution is 2.32. The van der Waals surface area contributed by atoms with E-state index in [1.54, 1.807) is 0 Å². The molecule has 0 radical (unpaired) electrons. The van der Waals surface area contributed by atoms with Crippen molar-refractivity contribution in [3.8, 4) is 11.5 Å². The molecule has 7 nitrogen and oxygen atoms in total. The standard InChI is InChI=1S/C19H24N4O3/c1-3-15-13(2)20-19(21-18(15)24)23-8-6-22(7-9-23)11-14-4-5-16-17(10-14)26-12-25-16/h4-5,10H,3,6-9,11-12H2,1-2H3,(H,20,21,24)/p+1. The van der Waals surface area contributed by atoms with Crippen molar-refractivity contribution in [1.82, 2.24) is 9.97 Å². The van der Waals surface area contributed by atoms with Gasteiger partial charge in [-0.25, -0.2) is 4.98 Å². The summed E-state index contributed by atoms with van der Waals surface area (Å²) in [5, 5.41) is 0. The molecule has 26 heavy (non-hydrogen) atoms. The van der Waals surface area contributed by atoms with Crippen LogP contribution in [0.2, 0.25) is 0 Å². The highest BCUT2D eigenvalue weighted by atomic mass is 16.7. The number of aromatic amines is 1. The van der Waals surface area contributed by atoms with Gasteiger partial charge < -0.3 is 19.3 Å². The fourth-order valence-corrected chi connectivity index (χ4v) is 3.71. The second-order valence-corrected chi connectivity index (χ2v) is 6.91. The van der Waals surface area contributed by atoms with E-state index in [0.717, 1.165) is 55.5 Å². The number of nitrogens with zero attached hydrogens (tertiary/aromatic N) is 2. The van der Waals surface area contributed by atoms with E-state index in [1.165, 1.54) is 10.5 Å². The van der Waals surface area contributed by atoms with E-state index in [1.807, 2.05) is 19.9 Å². The maximum Gasteiger partial charge on any atom is 0.255 e. The molecule has 1 fully saturated rings. The Morgan fingerprint density at radius 2 is 2.00 bits per heavy atom. The highest BCUT2D eigenvalue weighted by Gasteiger charge is 2.23. The Bertz CT molecular complexity index is 856. The van der Waals surface area contributed by atoms with Crippen molar-refractivity contribution in [2.45, 2.75) is 26.8 Å². The monoisotopic (exact) mass is 357 g/mol. The van der Waals surface area contributed by atoms with Crippen LogP contribution in [-0.2, 0) is 13.0 Å². The summed E-state index contributed by atoms with van der Waals surface area (Å²) in [6.45, 7) is 8.95. The number of H-pyrrole nitrogens is 1. The van der Waals surface area contributed by atoms with E-state index in [2.05, 4.69) is 27.0 Å².